The van der Waals surface area contributed by atoms with Crippen molar-refractivity contribution in [3.63, 3.8) is 0 Å². The van der Waals surface area contributed by atoms with Crippen molar-refractivity contribution in [3.05, 3.63) is 70.9 Å². The number of hydrogen-bond donors (Lipinski definition) is 1. The Morgan fingerprint density at radius 1 is 1.03 bits per heavy atom. The van der Waals surface area contributed by atoms with Crippen LogP contribution in [-0.4, -0.2) is 20.4 Å². The molecule has 1 fully saturated rings. The molecule has 0 atom stereocenters. The second kappa shape index (κ2) is 8.27. The van der Waals surface area contributed by atoms with Crippen LogP contribution in [0.2, 0.25) is 0 Å². The zero-order valence-corrected chi connectivity index (χ0v) is 17.5. The second-order valence-electron chi connectivity index (χ2n) is 8.45. The van der Waals surface area contributed by atoms with E-state index in [2.05, 4.69) is 40.7 Å². The fraction of sp³-hybridized carbons (Fsp3) is 0.417. The molecular weight excluding hydrogens is 360 g/mol. The van der Waals surface area contributed by atoms with Crippen LogP contribution in [0.3, 0.4) is 0 Å². The molecule has 0 unspecified atom stereocenters. The standard InChI is InChI=1S/C24H30N4O/c1-17(2)28-16-20(21-14-25-27(3)15-21)13-23(24(28)29)26-22-11-9-19(10-12-22)18-7-5-4-6-8-18/h4-8,13-17,19,22,26H,9-12H2,1-3H3. The lowest BCUT2D eigenvalue weighted by atomic mass is 9.82. The van der Waals surface area contributed by atoms with Crippen LogP contribution in [0, 0.1) is 0 Å². The second-order valence-corrected chi connectivity index (χ2v) is 8.45. The summed E-state index contributed by atoms with van der Waals surface area (Å²) in [5.41, 5.74) is 4.23. The van der Waals surface area contributed by atoms with Gasteiger partial charge in [0.2, 0.25) is 0 Å². The summed E-state index contributed by atoms with van der Waals surface area (Å²) in [6, 6.07) is 13.2. The number of pyridine rings is 1. The molecule has 1 aliphatic rings. The van der Waals surface area contributed by atoms with Gasteiger partial charge in [0.05, 0.1) is 6.20 Å². The number of aromatic nitrogens is 3. The monoisotopic (exact) mass is 390 g/mol. The maximum atomic E-state index is 13.0. The Hall–Kier alpha value is -2.82. The number of aryl methyl sites for hydroxylation is 1. The van der Waals surface area contributed by atoms with Gasteiger partial charge in [-0.1, -0.05) is 30.3 Å². The van der Waals surface area contributed by atoms with Gasteiger partial charge >= 0.3 is 0 Å². The fourth-order valence-electron chi connectivity index (χ4n) is 4.33. The number of hydrogen-bond acceptors (Lipinski definition) is 3. The first-order chi connectivity index (χ1) is 14.0. The third kappa shape index (κ3) is 4.29. The summed E-state index contributed by atoms with van der Waals surface area (Å²) in [4.78, 5) is 13.0. The first-order valence-electron chi connectivity index (χ1n) is 10.6. The molecule has 0 aliphatic heterocycles. The average Bonchev–Trinajstić information content (AvgIpc) is 3.17. The van der Waals surface area contributed by atoms with Crippen molar-refractivity contribution >= 4 is 5.69 Å². The molecule has 0 radical (unpaired) electrons. The molecule has 29 heavy (non-hydrogen) atoms. The highest BCUT2D eigenvalue weighted by Crippen LogP contribution is 2.34. The molecule has 5 nitrogen and oxygen atoms in total. The normalized spacial score (nSPS) is 19.4. The van der Waals surface area contributed by atoms with Crippen LogP contribution in [0.15, 0.2) is 59.8 Å². The summed E-state index contributed by atoms with van der Waals surface area (Å²) in [6.07, 6.45) is 10.3. The fourth-order valence-corrected chi connectivity index (χ4v) is 4.33. The summed E-state index contributed by atoms with van der Waals surface area (Å²) >= 11 is 0. The zero-order valence-electron chi connectivity index (χ0n) is 17.5. The predicted octanol–water partition coefficient (Wildman–Crippen LogP) is 4.97. The van der Waals surface area contributed by atoms with Crippen LogP contribution < -0.4 is 10.9 Å². The Bertz CT molecular complexity index is 1010. The van der Waals surface area contributed by atoms with Gasteiger partial charge in [0.15, 0.2) is 0 Å². The zero-order chi connectivity index (χ0) is 20.4. The van der Waals surface area contributed by atoms with E-state index in [1.54, 1.807) is 4.68 Å². The molecule has 2 aromatic heterocycles. The first kappa shape index (κ1) is 19.5. The van der Waals surface area contributed by atoms with Crippen molar-refractivity contribution in [2.75, 3.05) is 5.32 Å². The van der Waals surface area contributed by atoms with E-state index in [0.717, 1.165) is 36.8 Å². The third-order valence-electron chi connectivity index (χ3n) is 6.00. The average molecular weight is 391 g/mol. The molecule has 152 valence electrons. The van der Waals surface area contributed by atoms with Gasteiger partial charge < -0.3 is 9.88 Å². The molecule has 0 amide bonds. The highest BCUT2D eigenvalue weighted by atomic mass is 16.1. The maximum Gasteiger partial charge on any atom is 0.274 e. The van der Waals surface area contributed by atoms with Gasteiger partial charge in [-0.2, -0.15) is 5.10 Å². The van der Waals surface area contributed by atoms with Gasteiger partial charge in [0.1, 0.15) is 5.69 Å². The molecule has 3 aromatic rings. The molecule has 0 saturated heterocycles. The van der Waals surface area contributed by atoms with Crippen LogP contribution in [0.5, 0.6) is 0 Å². The van der Waals surface area contributed by atoms with E-state index in [-0.39, 0.29) is 11.6 Å². The van der Waals surface area contributed by atoms with Crippen LogP contribution in [0.1, 0.15) is 57.1 Å². The van der Waals surface area contributed by atoms with E-state index in [9.17, 15) is 4.79 Å². The van der Waals surface area contributed by atoms with Crippen molar-refractivity contribution in [2.24, 2.45) is 7.05 Å². The van der Waals surface area contributed by atoms with Gasteiger partial charge in [-0.3, -0.25) is 9.48 Å². The van der Waals surface area contributed by atoms with Gasteiger partial charge in [-0.05, 0) is 57.1 Å². The van der Waals surface area contributed by atoms with Gasteiger partial charge in [0, 0.05) is 42.7 Å². The Labute approximate surface area is 172 Å². The van der Waals surface area contributed by atoms with E-state index < -0.39 is 0 Å². The van der Waals surface area contributed by atoms with Crippen LogP contribution in [0.25, 0.3) is 11.1 Å². The Kier molecular flexibility index (Phi) is 5.56. The molecule has 4 rings (SSSR count). The number of anilines is 1. The summed E-state index contributed by atoms with van der Waals surface area (Å²) in [7, 11) is 1.91. The topological polar surface area (TPSA) is 51.9 Å². The highest BCUT2D eigenvalue weighted by molar-refractivity contribution is 5.65. The van der Waals surface area contributed by atoms with Gasteiger partial charge in [-0.25, -0.2) is 0 Å². The van der Waals surface area contributed by atoms with E-state index in [1.807, 2.05) is 50.1 Å². The first-order valence-corrected chi connectivity index (χ1v) is 10.6. The summed E-state index contributed by atoms with van der Waals surface area (Å²) in [6.45, 7) is 4.09. The number of nitrogens with zero attached hydrogens (tertiary/aromatic N) is 3. The van der Waals surface area contributed by atoms with E-state index >= 15 is 0 Å². The largest absolute Gasteiger partial charge is 0.378 e. The van der Waals surface area contributed by atoms with Crippen molar-refractivity contribution in [1.29, 1.82) is 0 Å². The smallest absolute Gasteiger partial charge is 0.274 e. The van der Waals surface area contributed by atoms with Gasteiger partial charge in [0.25, 0.3) is 5.56 Å². The molecule has 1 saturated carbocycles. The van der Waals surface area contributed by atoms with E-state index in [0.29, 0.717) is 17.6 Å². The number of rotatable bonds is 5. The molecule has 1 aliphatic carbocycles. The van der Waals surface area contributed by atoms with Crippen LogP contribution >= 0.6 is 0 Å². The molecule has 1 N–H and O–H groups in total. The lowest BCUT2D eigenvalue weighted by molar-refractivity contribution is 0.412. The SMILES string of the molecule is CC(C)n1cc(-c2cnn(C)c2)cc(NC2CCC(c3ccccc3)CC2)c1=O. The van der Waals surface area contributed by atoms with Crippen LogP contribution in [-0.2, 0) is 7.05 Å². The van der Waals surface area contributed by atoms with Gasteiger partial charge in [-0.15, -0.1) is 0 Å². The third-order valence-corrected chi connectivity index (χ3v) is 6.00. The molecule has 5 heteroatoms. The molecule has 0 spiro atoms. The Balaban J connectivity index is 1.54. The van der Waals surface area contributed by atoms with Crippen molar-refractivity contribution < 1.29 is 0 Å². The van der Waals surface area contributed by atoms with E-state index in [4.69, 9.17) is 0 Å². The lowest BCUT2D eigenvalue weighted by Gasteiger charge is -2.30. The molecule has 1 aromatic carbocycles. The minimum Gasteiger partial charge on any atom is -0.378 e. The number of nitrogens with one attached hydrogen (secondary N) is 1. The van der Waals surface area contributed by atoms with Crippen molar-refractivity contribution in [3.8, 4) is 11.1 Å². The highest BCUT2D eigenvalue weighted by Gasteiger charge is 2.23. The van der Waals surface area contributed by atoms with E-state index in [1.165, 1.54) is 5.56 Å². The Morgan fingerprint density at radius 2 is 1.76 bits per heavy atom. The predicted molar refractivity (Wildman–Crippen MR) is 118 cm³/mol. The minimum absolute atomic E-state index is 0.0535. The maximum absolute atomic E-state index is 13.0. The van der Waals surface area contributed by atoms with Crippen LogP contribution in [0.4, 0.5) is 5.69 Å². The summed E-state index contributed by atoms with van der Waals surface area (Å²) in [5.74, 6) is 0.628. The quantitative estimate of drug-likeness (QED) is 0.669. The number of benzene rings is 1. The molecular formula is C24H30N4O. The summed E-state index contributed by atoms with van der Waals surface area (Å²) in [5, 5.41) is 7.85. The Morgan fingerprint density at radius 3 is 2.38 bits per heavy atom. The molecule has 0 bridgehead atoms. The van der Waals surface area contributed by atoms with Crippen molar-refractivity contribution in [2.45, 2.75) is 57.5 Å². The lowest BCUT2D eigenvalue weighted by Crippen LogP contribution is -2.31. The molecule has 2 heterocycles. The minimum atomic E-state index is 0.0535. The van der Waals surface area contributed by atoms with Crippen molar-refractivity contribution in [1.82, 2.24) is 14.3 Å². The summed E-state index contributed by atoms with van der Waals surface area (Å²) < 4.78 is 3.61.